The first-order valence-corrected chi connectivity index (χ1v) is 24.2. The number of nitrogens with zero attached hydrogens (tertiary/aromatic N) is 2. The molecule has 0 radical (unpaired) electrons. The van der Waals surface area contributed by atoms with Crippen LogP contribution in [0.1, 0.15) is 47.8 Å². The van der Waals surface area contributed by atoms with E-state index in [-0.39, 0.29) is 0 Å². The molecular weight excluding hydrogens is 1320 g/mol. The zero-order chi connectivity index (χ0) is 44.9. The Morgan fingerprint density at radius 3 is 0.984 bits per heavy atom. The number of aromatic nitrogens is 4. The van der Waals surface area contributed by atoms with Crippen molar-refractivity contribution in [3.8, 4) is 80.4 Å². The topological polar surface area (TPSA) is 113 Å². The molecule has 0 spiro atoms. The Balaban J connectivity index is 1.85. The van der Waals surface area contributed by atoms with Gasteiger partial charge in [0, 0.05) is 11.1 Å². The molecule has 318 valence electrons. The van der Waals surface area contributed by atoms with Crippen molar-refractivity contribution in [2.75, 3.05) is 42.7 Å². The Kier molecular flexibility index (Phi) is 14.4. The van der Waals surface area contributed by atoms with Crippen LogP contribution in [0.25, 0.3) is 62.3 Å². The second-order valence-corrected chi connectivity index (χ2v) is 19.3. The summed E-state index contributed by atoms with van der Waals surface area (Å²) >= 11 is 31.4. The van der Waals surface area contributed by atoms with Gasteiger partial charge in [-0.1, -0.05) is 11.8 Å². The fraction of sp³-hybridized carbons (Fsp3) is 0.182. The summed E-state index contributed by atoms with van der Waals surface area (Å²) in [6.45, 7) is 3.55. The van der Waals surface area contributed by atoms with E-state index in [0.717, 1.165) is 0 Å². The highest BCUT2D eigenvalue weighted by molar-refractivity contribution is 9.18. The fourth-order valence-corrected chi connectivity index (χ4v) is 11.0. The smallest absolute Gasteiger partial charge is 0.203 e. The van der Waals surface area contributed by atoms with E-state index in [1.54, 1.807) is 56.5 Å². The molecular formula is C44H30Br8N4O6. The third-order valence-corrected chi connectivity index (χ3v) is 18.2. The number of halogens is 8. The molecule has 0 saturated carbocycles. The lowest BCUT2D eigenvalue weighted by Gasteiger charge is -2.15. The molecule has 10 nitrogen and oxygen atoms in total. The summed E-state index contributed by atoms with van der Waals surface area (Å²) in [5.74, 6) is 15.6. The average Bonchev–Trinajstić information content (AvgIpc) is 3.94. The maximum Gasteiger partial charge on any atom is 0.203 e. The van der Waals surface area contributed by atoms with E-state index in [1.807, 2.05) is 24.3 Å². The predicted octanol–water partition coefficient (Wildman–Crippen LogP) is 14.7. The third kappa shape index (κ3) is 7.78. The molecule has 0 unspecified atom stereocenters. The van der Waals surface area contributed by atoms with Crippen molar-refractivity contribution in [1.29, 1.82) is 0 Å². The van der Waals surface area contributed by atoms with E-state index in [4.69, 9.17) is 38.4 Å². The van der Waals surface area contributed by atoms with E-state index in [0.29, 0.717) is 149 Å². The van der Waals surface area contributed by atoms with Gasteiger partial charge in [-0.25, -0.2) is 9.97 Å². The van der Waals surface area contributed by atoms with Crippen LogP contribution in [0.3, 0.4) is 0 Å². The molecule has 0 atom stereocenters. The van der Waals surface area contributed by atoms with Crippen LogP contribution in [-0.2, 0) is 0 Å². The molecule has 18 heteroatoms. The third-order valence-electron chi connectivity index (χ3n) is 9.78. The molecule has 2 aliphatic rings. The molecule has 0 amide bonds. The van der Waals surface area contributed by atoms with Gasteiger partial charge in [0.2, 0.25) is 11.5 Å². The molecule has 2 aromatic carbocycles. The zero-order valence-corrected chi connectivity index (χ0v) is 46.4. The van der Waals surface area contributed by atoms with Crippen molar-refractivity contribution < 1.29 is 28.4 Å². The van der Waals surface area contributed by atoms with Gasteiger partial charge in [0.15, 0.2) is 23.0 Å². The minimum absolute atomic E-state index is 0.438. The zero-order valence-electron chi connectivity index (χ0n) is 33.7. The molecule has 0 fully saturated rings. The van der Waals surface area contributed by atoms with Crippen molar-refractivity contribution in [1.82, 2.24) is 19.9 Å². The average molecular weight is 1350 g/mol. The molecule has 2 aliphatic heterocycles. The van der Waals surface area contributed by atoms with Gasteiger partial charge < -0.3 is 38.4 Å². The SMILES string of the molecule is CC#Cc1c2nc(c(-c3cc(OC)c(OC)c(OC)c3)c3[nH]c(c(Br)c3Br)c(C#CC)c3nc(c(-c4cc(OC)c(OC)c(OC)c4)c4[nH]c1c(Br)c4Br)C(Br)=C3Br)C(Br)=C2Br. The van der Waals surface area contributed by atoms with Crippen LogP contribution in [0.4, 0.5) is 0 Å². The van der Waals surface area contributed by atoms with E-state index >= 15 is 0 Å². The van der Waals surface area contributed by atoms with Gasteiger partial charge in [-0.3, -0.25) is 0 Å². The van der Waals surface area contributed by atoms with Gasteiger partial charge in [-0.05, 0) is 177 Å². The fourth-order valence-electron chi connectivity index (χ4n) is 7.08. The number of aromatic amines is 2. The van der Waals surface area contributed by atoms with E-state index in [9.17, 15) is 0 Å². The van der Waals surface area contributed by atoms with Gasteiger partial charge in [-0.2, -0.15) is 0 Å². The molecule has 3 aromatic heterocycles. The van der Waals surface area contributed by atoms with Crippen molar-refractivity contribution in [3.05, 3.63) is 76.1 Å². The van der Waals surface area contributed by atoms with Crippen molar-refractivity contribution in [2.24, 2.45) is 0 Å². The van der Waals surface area contributed by atoms with E-state index in [2.05, 4.69) is 161 Å². The second kappa shape index (κ2) is 19.1. The van der Waals surface area contributed by atoms with Crippen LogP contribution in [0.5, 0.6) is 34.5 Å². The van der Waals surface area contributed by atoms with E-state index < -0.39 is 0 Å². The number of fused-ring (bicyclic) bond motifs is 8. The van der Waals surface area contributed by atoms with Gasteiger partial charge in [0.25, 0.3) is 0 Å². The van der Waals surface area contributed by atoms with Crippen LogP contribution in [-0.4, -0.2) is 62.6 Å². The maximum absolute atomic E-state index is 5.85. The number of H-pyrrole nitrogens is 2. The molecule has 0 aliphatic carbocycles. The normalized spacial score (nSPS) is 12.1. The van der Waals surface area contributed by atoms with Crippen LogP contribution in [0, 0.1) is 23.7 Å². The lowest BCUT2D eigenvalue weighted by molar-refractivity contribution is 0.324. The summed E-state index contributed by atoms with van der Waals surface area (Å²) in [7, 11) is 9.43. The highest BCUT2D eigenvalue weighted by Gasteiger charge is 2.31. The Hall–Kier alpha value is -3.20. The summed E-state index contributed by atoms with van der Waals surface area (Å²) in [5, 5.41) is 0. The number of hydrogen-bond donors (Lipinski definition) is 2. The second-order valence-electron chi connectivity index (χ2n) is 13.0. The number of rotatable bonds is 8. The summed E-state index contributed by atoms with van der Waals surface area (Å²) in [4.78, 5) is 18.2. The number of benzene rings is 2. The minimum Gasteiger partial charge on any atom is -0.493 e. The minimum atomic E-state index is 0.438. The van der Waals surface area contributed by atoms with Gasteiger partial charge >= 0.3 is 0 Å². The van der Waals surface area contributed by atoms with E-state index in [1.165, 1.54) is 0 Å². The maximum atomic E-state index is 5.85. The number of nitrogens with one attached hydrogen (secondary N) is 2. The first kappa shape index (κ1) is 46.8. The quantitative estimate of drug-likeness (QED) is 0.148. The number of ether oxygens (including phenoxy) is 6. The Labute approximate surface area is 424 Å². The van der Waals surface area contributed by atoms with Crippen LogP contribution in [0.2, 0.25) is 0 Å². The summed E-state index contributed by atoms with van der Waals surface area (Å²) in [6, 6.07) is 7.51. The summed E-state index contributed by atoms with van der Waals surface area (Å²) < 4.78 is 40.2. The molecule has 5 heterocycles. The summed E-state index contributed by atoms with van der Waals surface area (Å²) in [5.41, 5.74) is 8.73. The van der Waals surface area contributed by atoms with Crippen molar-refractivity contribution in [3.63, 3.8) is 0 Å². The number of methoxy groups -OCH3 is 6. The lowest BCUT2D eigenvalue weighted by atomic mass is 10.0. The van der Waals surface area contributed by atoms with Crippen LogP contribution in [0.15, 0.2) is 42.2 Å². The lowest BCUT2D eigenvalue weighted by Crippen LogP contribution is -1.97. The van der Waals surface area contributed by atoms with Crippen molar-refractivity contribution >= 4 is 167 Å². The van der Waals surface area contributed by atoms with Crippen LogP contribution >= 0.6 is 127 Å². The van der Waals surface area contributed by atoms with Crippen LogP contribution < -0.4 is 28.4 Å². The molecule has 5 aromatic rings. The molecule has 0 saturated heterocycles. The summed E-state index contributed by atoms with van der Waals surface area (Å²) in [6.07, 6.45) is 0. The predicted molar refractivity (Wildman–Crippen MR) is 276 cm³/mol. The monoisotopic (exact) mass is 1340 g/mol. The largest absolute Gasteiger partial charge is 0.493 e. The molecule has 8 bridgehead atoms. The van der Waals surface area contributed by atoms with Gasteiger partial charge in [0.05, 0.1) is 134 Å². The Morgan fingerprint density at radius 1 is 0.419 bits per heavy atom. The van der Waals surface area contributed by atoms with Crippen molar-refractivity contribution in [2.45, 2.75) is 13.8 Å². The molecule has 7 rings (SSSR count). The Bertz CT molecular complexity index is 2870. The molecule has 2 N–H and O–H groups in total. The first-order chi connectivity index (χ1) is 29.7. The standard InChI is InChI=1S/C44H30Br8N4O6/c1-9-11-19-35-27(45)31(49)39(53-35)25(17-13-21(57-3)43(61-7)22(14-17)58-4)41-33(51)29(47)37(55-41)20(12-10-2)38-30(48)34(52)42(56-38)26(40-32(50)28(46)36(19)54-40)18-15-23(59-5)44(62-8)24(16-18)60-6/h13-16,53,56H,1-8H3. The first-order valence-electron chi connectivity index (χ1n) is 17.9. The van der Waals surface area contributed by atoms with Gasteiger partial charge in [-0.15, -0.1) is 11.8 Å². The highest BCUT2D eigenvalue weighted by Crippen LogP contribution is 2.53. The number of hydrogen-bond acceptors (Lipinski definition) is 8. The highest BCUT2D eigenvalue weighted by atomic mass is 79.9. The molecule has 62 heavy (non-hydrogen) atoms. The Morgan fingerprint density at radius 2 is 0.710 bits per heavy atom. The van der Waals surface area contributed by atoms with Gasteiger partial charge in [0.1, 0.15) is 0 Å².